The van der Waals surface area contributed by atoms with E-state index in [1.54, 1.807) is 0 Å². The number of piperazine rings is 2. The minimum Gasteiger partial charge on any atom is -0.461 e. The van der Waals surface area contributed by atoms with Crippen molar-refractivity contribution in [2.75, 3.05) is 75.8 Å². The molecule has 3 aliphatic heterocycles. The van der Waals surface area contributed by atoms with Crippen molar-refractivity contribution in [1.29, 1.82) is 5.26 Å². The summed E-state index contributed by atoms with van der Waals surface area (Å²) in [5.74, 6) is 0.806. The molecular weight excluding hydrogens is 612 g/mol. The molecule has 1 aliphatic carbocycles. The summed E-state index contributed by atoms with van der Waals surface area (Å²) >= 11 is 6.75. The van der Waals surface area contributed by atoms with Gasteiger partial charge < -0.3 is 24.3 Å². The zero-order chi connectivity index (χ0) is 32.7. The number of nitrogens with zero attached hydrogens (tertiary/aromatic N) is 8. The lowest BCUT2D eigenvalue weighted by molar-refractivity contribution is -0.115. The first kappa shape index (κ1) is 31.7. The molecule has 0 spiro atoms. The van der Waals surface area contributed by atoms with Crippen molar-refractivity contribution in [1.82, 2.24) is 24.7 Å². The number of Topliss-reactive ketones (excluding diaryl/α,β-unsaturated/α-hetero) is 1. The van der Waals surface area contributed by atoms with Crippen LogP contribution in [0.15, 0.2) is 48.7 Å². The zero-order valence-electron chi connectivity index (χ0n) is 27.4. The van der Waals surface area contributed by atoms with Crippen molar-refractivity contribution in [3.8, 4) is 12.1 Å². The van der Waals surface area contributed by atoms with E-state index in [2.05, 4.69) is 63.6 Å². The average molecular weight is 655 g/mol. The number of ether oxygens (including phenoxy) is 1. The third-order valence-electron chi connectivity index (χ3n) is 10.5. The number of anilines is 2. The monoisotopic (exact) mass is 654 g/mol. The molecule has 3 fully saturated rings. The van der Waals surface area contributed by atoms with Gasteiger partial charge in [-0.1, -0.05) is 42.4 Å². The number of hydrogen-bond donors (Lipinski definition) is 0. The van der Waals surface area contributed by atoms with Gasteiger partial charge >= 0.3 is 6.01 Å². The molecule has 4 aliphatic rings. The number of allylic oxidation sites excluding steroid dienone is 1. The molecule has 2 aromatic carbocycles. The predicted octanol–water partition coefficient (Wildman–Crippen LogP) is 4.51. The van der Waals surface area contributed by atoms with Crippen LogP contribution in [-0.2, 0) is 17.8 Å². The van der Waals surface area contributed by atoms with E-state index in [-0.39, 0.29) is 17.4 Å². The van der Waals surface area contributed by atoms with Crippen LogP contribution >= 0.6 is 11.6 Å². The normalized spacial score (nSPS) is 21.3. The fraction of sp³-hybridized carbons (Fsp3) is 0.500. The highest BCUT2D eigenvalue weighted by molar-refractivity contribution is 6.36. The van der Waals surface area contributed by atoms with Crippen molar-refractivity contribution in [2.45, 2.75) is 50.7 Å². The van der Waals surface area contributed by atoms with E-state index in [0.29, 0.717) is 50.9 Å². The van der Waals surface area contributed by atoms with Crippen LogP contribution in [0, 0.1) is 11.3 Å². The third-order valence-corrected chi connectivity index (χ3v) is 10.8. The number of hydrogen-bond acceptors (Lipinski definition) is 10. The summed E-state index contributed by atoms with van der Waals surface area (Å²) in [4.78, 5) is 34.0. The van der Waals surface area contributed by atoms with Crippen LogP contribution in [0.1, 0.15) is 37.4 Å². The molecule has 0 N–H and O–H groups in total. The number of halogens is 1. The molecule has 0 radical (unpaired) electrons. The molecular formula is C36H43ClN8O2. The molecule has 0 bridgehead atoms. The van der Waals surface area contributed by atoms with Gasteiger partial charge in [-0.05, 0) is 43.8 Å². The van der Waals surface area contributed by atoms with E-state index in [9.17, 15) is 10.1 Å². The Morgan fingerprint density at radius 3 is 2.55 bits per heavy atom. The van der Waals surface area contributed by atoms with Gasteiger partial charge in [0.1, 0.15) is 12.4 Å². The molecule has 1 unspecified atom stereocenters. The number of ketones is 1. The highest BCUT2D eigenvalue weighted by Gasteiger charge is 2.49. The SMILES string of the molecule is C=C(C(C)=O)N1CCN(c2nc(OCC3(N4CCN(C)CC4)CC3)nc3c2CCN(c2cccc4cccc(Cl)c24)C3)CC1CC#N. The van der Waals surface area contributed by atoms with Crippen LogP contribution in [0.2, 0.25) is 5.02 Å². The Labute approximate surface area is 282 Å². The van der Waals surface area contributed by atoms with Crippen LogP contribution in [-0.4, -0.2) is 108 Å². The summed E-state index contributed by atoms with van der Waals surface area (Å²) in [5.41, 5.74) is 3.69. The number of rotatable bonds is 9. The lowest BCUT2D eigenvalue weighted by atomic mass is 10.0. The number of carbonyl (C=O) groups excluding carboxylic acids is 1. The topological polar surface area (TPSA) is 92.1 Å². The number of carbonyl (C=O) groups is 1. The molecule has 1 saturated carbocycles. The first-order chi connectivity index (χ1) is 22.8. The fourth-order valence-corrected chi connectivity index (χ4v) is 7.80. The third kappa shape index (κ3) is 6.24. The Kier molecular flexibility index (Phi) is 8.73. The highest BCUT2D eigenvalue weighted by Crippen LogP contribution is 2.43. The van der Waals surface area contributed by atoms with E-state index in [1.165, 1.54) is 6.92 Å². The van der Waals surface area contributed by atoms with E-state index in [1.807, 2.05) is 17.0 Å². The summed E-state index contributed by atoms with van der Waals surface area (Å²) in [6.07, 6.45) is 3.31. The maximum Gasteiger partial charge on any atom is 0.318 e. The van der Waals surface area contributed by atoms with Gasteiger partial charge in [-0.2, -0.15) is 15.2 Å². The Bertz CT molecular complexity index is 1720. The average Bonchev–Trinajstić information content (AvgIpc) is 3.88. The van der Waals surface area contributed by atoms with Gasteiger partial charge in [0.05, 0.1) is 47.0 Å². The smallest absolute Gasteiger partial charge is 0.318 e. The standard InChI is InChI=1S/C36H43ClN8O2/c1-25(26(2)46)45-21-18-43(22-28(45)10-14-38)34-29-11-15-42(32-9-5-7-27-6-4-8-30(37)33(27)32)23-31(29)39-35(40-34)47-24-36(12-13-36)44-19-16-41(3)17-20-44/h4-9,28H,1,10-13,15-24H2,2-3H3. The number of likely N-dealkylation sites (N-methyl/N-ethyl adjacent to an activating group) is 1. The highest BCUT2D eigenvalue weighted by atomic mass is 35.5. The van der Waals surface area contributed by atoms with Crippen molar-refractivity contribution in [3.05, 3.63) is 65.0 Å². The van der Waals surface area contributed by atoms with Gasteiger partial charge in [-0.15, -0.1) is 0 Å². The minimum absolute atomic E-state index is 0.0585. The van der Waals surface area contributed by atoms with Crippen molar-refractivity contribution >= 4 is 39.7 Å². The van der Waals surface area contributed by atoms with E-state index >= 15 is 0 Å². The van der Waals surface area contributed by atoms with Gasteiger partial charge in [0.2, 0.25) is 0 Å². The van der Waals surface area contributed by atoms with Crippen molar-refractivity contribution in [2.24, 2.45) is 0 Å². The van der Waals surface area contributed by atoms with E-state index in [4.69, 9.17) is 26.3 Å². The molecule has 10 nitrogen and oxygen atoms in total. The zero-order valence-corrected chi connectivity index (χ0v) is 28.2. The van der Waals surface area contributed by atoms with Crippen LogP contribution in [0.25, 0.3) is 10.8 Å². The molecule has 4 heterocycles. The Morgan fingerprint density at radius 2 is 1.83 bits per heavy atom. The minimum atomic E-state index is -0.162. The lowest BCUT2D eigenvalue weighted by Gasteiger charge is -2.43. The first-order valence-corrected chi connectivity index (χ1v) is 17.1. The van der Waals surface area contributed by atoms with Gasteiger partial charge in [0.25, 0.3) is 0 Å². The molecule has 47 heavy (non-hydrogen) atoms. The predicted molar refractivity (Wildman–Crippen MR) is 185 cm³/mol. The van der Waals surface area contributed by atoms with Gasteiger partial charge in [-0.3, -0.25) is 9.69 Å². The Balaban J connectivity index is 1.20. The van der Waals surface area contributed by atoms with Crippen molar-refractivity contribution < 1.29 is 9.53 Å². The fourth-order valence-electron chi connectivity index (χ4n) is 7.52. The molecule has 1 aromatic heterocycles. The second-order valence-corrected chi connectivity index (χ2v) is 13.9. The summed E-state index contributed by atoms with van der Waals surface area (Å²) in [7, 11) is 2.18. The largest absolute Gasteiger partial charge is 0.461 e. The summed E-state index contributed by atoms with van der Waals surface area (Å²) < 4.78 is 6.54. The van der Waals surface area contributed by atoms with Crippen LogP contribution < -0.4 is 14.5 Å². The van der Waals surface area contributed by atoms with E-state index in [0.717, 1.165) is 90.5 Å². The second-order valence-electron chi connectivity index (χ2n) is 13.5. The molecule has 2 saturated heterocycles. The number of aromatic nitrogens is 2. The number of fused-ring (bicyclic) bond motifs is 2. The maximum absolute atomic E-state index is 12.2. The summed E-state index contributed by atoms with van der Waals surface area (Å²) in [5, 5.41) is 12.6. The Hall–Kier alpha value is -3.91. The maximum atomic E-state index is 12.2. The van der Waals surface area contributed by atoms with Gasteiger partial charge in [0.15, 0.2) is 5.78 Å². The van der Waals surface area contributed by atoms with Gasteiger partial charge in [0, 0.05) is 75.9 Å². The molecule has 1 atom stereocenters. The van der Waals surface area contributed by atoms with E-state index < -0.39 is 0 Å². The summed E-state index contributed by atoms with van der Waals surface area (Å²) in [6, 6.07) is 14.9. The van der Waals surface area contributed by atoms with Crippen LogP contribution in [0.4, 0.5) is 11.5 Å². The number of nitriles is 1. The second kappa shape index (κ2) is 12.9. The molecule has 11 heteroatoms. The van der Waals surface area contributed by atoms with Crippen LogP contribution in [0.5, 0.6) is 6.01 Å². The number of benzene rings is 2. The Morgan fingerprint density at radius 1 is 1.06 bits per heavy atom. The molecule has 0 amide bonds. The molecule has 246 valence electrons. The van der Waals surface area contributed by atoms with Crippen molar-refractivity contribution in [3.63, 3.8) is 0 Å². The quantitative estimate of drug-likeness (QED) is 0.307. The summed E-state index contributed by atoms with van der Waals surface area (Å²) in [6.45, 7) is 13.6. The van der Waals surface area contributed by atoms with Crippen LogP contribution in [0.3, 0.4) is 0 Å². The first-order valence-electron chi connectivity index (χ1n) is 16.7. The molecule has 7 rings (SSSR count). The van der Waals surface area contributed by atoms with Gasteiger partial charge in [-0.25, -0.2) is 0 Å². The lowest BCUT2D eigenvalue weighted by Crippen LogP contribution is -2.54. The molecule has 3 aromatic rings.